The Morgan fingerprint density at radius 2 is 1.80 bits per heavy atom. The molecule has 6 nitrogen and oxygen atoms in total. The van der Waals surface area contributed by atoms with Gasteiger partial charge in [0, 0.05) is 6.54 Å². The average molecular weight is 285 g/mol. The van der Waals surface area contributed by atoms with Gasteiger partial charge >= 0.3 is 0 Å². The predicted molar refractivity (Wildman–Crippen MR) is 75.5 cm³/mol. The predicted octanol–water partition coefficient (Wildman–Crippen LogP) is 0.545. The second-order valence-corrected chi connectivity index (χ2v) is 4.26. The van der Waals surface area contributed by atoms with Gasteiger partial charge in [0.15, 0.2) is 11.5 Å². The first-order chi connectivity index (χ1) is 9.65. The molecule has 1 aromatic rings. The van der Waals surface area contributed by atoms with Crippen molar-refractivity contribution in [2.45, 2.75) is 19.6 Å². The fourth-order valence-electron chi connectivity index (χ4n) is 1.68. The summed E-state index contributed by atoms with van der Waals surface area (Å²) in [4.78, 5) is 0. The first-order valence-corrected chi connectivity index (χ1v) is 6.53. The number of ether oxygens (including phenoxy) is 3. The Morgan fingerprint density at radius 3 is 2.25 bits per heavy atom. The van der Waals surface area contributed by atoms with Crippen molar-refractivity contribution in [3.05, 3.63) is 17.7 Å². The maximum Gasteiger partial charge on any atom is 0.203 e. The molecule has 1 atom stereocenters. The maximum atomic E-state index is 9.35. The van der Waals surface area contributed by atoms with Gasteiger partial charge in [-0.15, -0.1) is 0 Å². The summed E-state index contributed by atoms with van der Waals surface area (Å²) >= 11 is 0. The molecule has 0 bridgehead atoms. The van der Waals surface area contributed by atoms with Crippen molar-refractivity contribution in [1.29, 1.82) is 0 Å². The van der Waals surface area contributed by atoms with Gasteiger partial charge in [0.2, 0.25) is 5.75 Å². The molecule has 6 heteroatoms. The Hall–Kier alpha value is -1.50. The van der Waals surface area contributed by atoms with Crippen molar-refractivity contribution >= 4 is 0 Å². The van der Waals surface area contributed by atoms with E-state index in [1.807, 2.05) is 19.1 Å². The number of aliphatic hydroxyl groups is 2. The molecule has 0 fully saturated rings. The molecule has 1 rings (SSSR count). The number of hydrogen-bond donors (Lipinski definition) is 3. The van der Waals surface area contributed by atoms with Gasteiger partial charge in [-0.3, -0.25) is 0 Å². The molecule has 0 saturated heterocycles. The maximum absolute atomic E-state index is 9.35. The zero-order valence-corrected chi connectivity index (χ0v) is 12.2. The third kappa shape index (κ3) is 4.56. The van der Waals surface area contributed by atoms with Gasteiger partial charge in [-0.05, 0) is 24.2 Å². The first-order valence-electron chi connectivity index (χ1n) is 6.53. The summed E-state index contributed by atoms with van der Waals surface area (Å²) in [5.41, 5.74) is 1.01. The summed E-state index contributed by atoms with van der Waals surface area (Å²) in [6, 6.07) is 3.71. The minimum absolute atomic E-state index is 0.0320. The molecule has 0 aliphatic carbocycles. The van der Waals surface area contributed by atoms with E-state index in [9.17, 15) is 5.11 Å². The fourth-order valence-corrected chi connectivity index (χ4v) is 1.68. The van der Waals surface area contributed by atoms with Crippen molar-refractivity contribution in [1.82, 2.24) is 5.32 Å². The van der Waals surface area contributed by atoms with Crippen LogP contribution < -0.4 is 19.5 Å². The standard InChI is InChI=1S/C14H23NO5/c1-4-15-7-10-5-12(18-2)14(13(6-10)19-3)20-9-11(17)8-16/h5-6,11,15-17H,4,7-9H2,1-3H3. The average Bonchev–Trinajstić information content (AvgIpc) is 2.49. The zero-order valence-electron chi connectivity index (χ0n) is 12.2. The van der Waals surface area contributed by atoms with E-state index in [1.54, 1.807) is 14.2 Å². The van der Waals surface area contributed by atoms with E-state index in [-0.39, 0.29) is 13.2 Å². The van der Waals surface area contributed by atoms with Gasteiger partial charge in [0.05, 0.1) is 20.8 Å². The normalized spacial score (nSPS) is 12.1. The van der Waals surface area contributed by atoms with Crippen LogP contribution in [0.4, 0.5) is 0 Å². The van der Waals surface area contributed by atoms with Gasteiger partial charge in [-0.1, -0.05) is 6.92 Å². The van der Waals surface area contributed by atoms with Crippen molar-refractivity contribution in [2.24, 2.45) is 0 Å². The second-order valence-electron chi connectivity index (χ2n) is 4.26. The van der Waals surface area contributed by atoms with Crippen molar-refractivity contribution in [3.8, 4) is 17.2 Å². The smallest absolute Gasteiger partial charge is 0.203 e. The van der Waals surface area contributed by atoms with Gasteiger partial charge < -0.3 is 29.7 Å². The van der Waals surface area contributed by atoms with Crippen LogP contribution >= 0.6 is 0 Å². The monoisotopic (exact) mass is 285 g/mol. The molecule has 0 radical (unpaired) electrons. The summed E-state index contributed by atoms with van der Waals surface area (Å²) in [5.74, 6) is 1.48. The molecule has 1 unspecified atom stereocenters. The van der Waals surface area contributed by atoms with Crippen LogP contribution in [0.25, 0.3) is 0 Å². The highest BCUT2D eigenvalue weighted by Crippen LogP contribution is 2.38. The van der Waals surface area contributed by atoms with Crippen LogP contribution in [0.1, 0.15) is 12.5 Å². The van der Waals surface area contributed by atoms with Gasteiger partial charge in [0.25, 0.3) is 0 Å². The van der Waals surface area contributed by atoms with Gasteiger partial charge in [-0.2, -0.15) is 0 Å². The van der Waals surface area contributed by atoms with Crippen LogP contribution in [-0.4, -0.2) is 50.3 Å². The van der Waals surface area contributed by atoms with E-state index in [0.717, 1.165) is 12.1 Å². The summed E-state index contributed by atoms with van der Waals surface area (Å²) in [6.07, 6.45) is -0.939. The Kier molecular flexibility index (Phi) is 7.14. The minimum Gasteiger partial charge on any atom is -0.493 e. The third-order valence-electron chi connectivity index (χ3n) is 2.73. The molecule has 0 aromatic heterocycles. The lowest BCUT2D eigenvalue weighted by Crippen LogP contribution is -2.21. The summed E-state index contributed by atoms with van der Waals surface area (Å²) in [5, 5.41) is 21.4. The van der Waals surface area contributed by atoms with Crippen LogP contribution in [0.2, 0.25) is 0 Å². The molecule has 114 valence electrons. The SMILES string of the molecule is CCNCc1cc(OC)c(OCC(O)CO)c(OC)c1. The molecular weight excluding hydrogens is 262 g/mol. The Bertz CT molecular complexity index is 386. The molecule has 0 saturated carbocycles. The second kappa shape index (κ2) is 8.63. The lowest BCUT2D eigenvalue weighted by molar-refractivity contribution is 0.0518. The van der Waals surface area contributed by atoms with E-state index >= 15 is 0 Å². The van der Waals surface area contributed by atoms with Gasteiger partial charge in [0.1, 0.15) is 12.7 Å². The topological polar surface area (TPSA) is 80.2 Å². The van der Waals surface area contributed by atoms with Crippen molar-refractivity contribution in [3.63, 3.8) is 0 Å². The van der Waals surface area contributed by atoms with Crippen LogP contribution in [0.3, 0.4) is 0 Å². The van der Waals surface area contributed by atoms with E-state index in [2.05, 4.69) is 5.32 Å². The van der Waals surface area contributed by atoms with Gasteiger partial charge in [-0.25, -0.2) is 0 Å². The lowest BCUT2D eigenvalue weighted by atomic mass is 10.1. The highest BCUT2D eigenvalue weighted by atomic mass is 16.5. The molecule has 20 heavy (non-hydrogen) atoms. The van der Waals surface area contributed by atoms with E-state index in [0.29, 0.717) is 23.8 Å². The molecular formula is C14H23NO5. The van der Waals surface area contributed by atoms with Crippen LogP contribution in [0, 0.1) is 0 Å². The highest BCUT2D eigenvalue weighted by molar-refractivity contribution is 5.53. The Labute approximate surface area is 119 Å². The molecule has 1 aromatic carbocycles. The van der Waals surface area contributed by atoms with Crippen LogP contribution in [0.15, 0.2) is 12.1 Å². The van der Waals surface area contributed by atoms with E-state index in [4.69, 9.17) is 19.3 Å². The Balaban J connectivity index is 2.95. The molecule has 0 amide bonds. The van der Waals surface area contributed by atoms with E-state index in [1.165, 1.54) is 0 Å². The number of hydrogen-bond acceptors (Lipinski definition) is 6. The number of methoxy groups -OCH3 is 2. The number of aliphatic hydroxyl groups excluding tert-OH is 2. The summed E-state index contributed by atoms with van der Waals surface area (Å²) in [7, 11) is 3.09. The third-order valence-corrected chi connectivity index (χ3v) is 2.73. The van der Waals surface area contributed by atoms with Crippen LogP contribution in [-0.2, 0) is 6.54 Å². The summed E-state index contributed by atoms with van der Waals surface area (Å²) in [6.45, 7) is 3.20. The zero-order chi connectivity index (χ0) is 15.0. The number of nitrogens with one attached hydrogen (secondary N) is 1. The lowest BCUT2D eigenvalue weighted by Gasteiger charge is -2.17. The van der Waals surface area contributed by atoms with Crippen LogP contribution in [0.5, 0.6) is 17.2 Å². The molecule has 0 heterocycles. The Morgan fingerprint density at radius 1 is 1.20 bits per heavy atom. The van der Waals surface area contributed by atoms with Crippen molar-refractivity contribution < 1.29 is 24.4 Å². The molecule has 0 spiro atoms. The fraction of sp³-hybridized carbons (Fsp3) is 0.571. The largest absolute Gasteiger partial charge is 0.493 e. The number of benzene rings is 1. The van der Waals surface area contributed by atoms with Crippen molar-refractivity contribution in [2.75, 3.05) is 34.0 Å². The highest BCUT2D eigenvalue weighted by Gasteiger charge is 2.15. The van der Waals surface area contributed by atoms with E-state index < -0.39 is 6.10 Å². The summed E-state index contributed by atoms with van der Waals surface area (Å²) < 4.78 is 16.1. The number of rotatable bonds is 9. The molecule has 0 aliphatic heterocycles. The quantitative estimate of drug-likeness (QED) is 0.615. The minimum atomic E-state index is -0.939. The molecule has 0 aliphatic rings. The molecule has 3 N–H and O–H groups in total. The first kappa shape index (κ1) is 16.6.